The minimum absolute atomic E-state index is 0.252. The third-order valence-electron chi connectivity index (χ3n) is 5.47. The highest BCUT2D eigenvalue weighted by Crippen LogP contribution is 2.33. The van der Waals surface area contributed by atoms with Gasteiger partial charge in [0.05, 0.1) is 10.6 Å². The summed E-state index contributed by atoms with van der Waals surface area (Å²) in [5.74, 6) is 1.22. The highest BCUT2D eigenvalue weighted by Gasteiger charge is 2.32. The van der Waals surface area contributed by atoms with Crippen LogP contribution in [0.25, 0.3) is 0 Å². The van der Waals surface area contributed by atoms with E-state index in [-0.39, 0.29) is 11.0 Å². The molecule has 0 aliphatic carbocycles. The van der Waals surface area contributed by atoms with Crippen molar-refractivity contribution in [3.8, 4) is 5.75 Å². The summed E-state index contributed by atoms with van der Waals surface area (Å²) in [6.45, 7) is 9.41. The molecule has 0 N–H and O–H groups in total. The summed E-state index contributed by atoms with van der Waals surface area (Å²) in [6.07, 6.45) is 3.68. The molecule has 1 aliphatic heterocycles. The van der Waals surface area contributed by atoms with Gasteiger partial charge in [0, 0.05) is 25.5 Å². The molecule has 1 aromatic carbocycles. The van der Waals surface area contributed by atoms with Crippen molar-refractivity contribution in [1.82, 2.24) is 9.88 Å². The van der Waals surface area contributed by atoms with Gasteiger partial charge in [0.1, 0.15) is 18.0 Å². The van der Waals surface area contributed by atoms with Crippen LogP contribution < -0.4 is 4.74 Å². The van der Waals surface area contributed by atoms with Gasteiger partial charge in [0.15, 0.2) is 9.84 Å². The summed E-state index contributed by atoms with van der Waals surface area (Å²) >= 11 is 0. The van der Waals surface area contributed by atoms with Gasteiger partial charge >= 0.3 is 6.09 Å². The lowest BCUT2D eigenvalue weighted by molar-refractivity contribution is 0.0155. The molecule has 8 heteroatoms. The van der Waals surface area contributed by atoms with Crippen molar-refractivity contribution in [2.75, 3.05) is 19.3 Å². The van der Waals surface area contributed by atoms with Crippen LogP contribution >= 0.6 is 0 Å². The fraction of sp³-hybridized carbons (Fsp3) is 0.500. The number of pyridine rings is 1. The van der Waals surface area contributed by atoms with Crippen molar-refractivity contribution in [3.63, 3.8) is 0 Å². The van der Waals surface area contributed by atoms with E-state index < -0.39 is 15.4 Å². The number of hydrogen-bond donors (Lipinski definition) is 0. The molecule has 32 heavy (non-hydrogen) atoms. The highest BCUT2D eigenvalue weighted by atomic mass is 32.2. The number of amides is 1. The standard InChI is InChI=1S/C24H32N2O5S/c1-17-15-26(23(27)31-24(2,3)4)13-12-22(17)18-6-7-19(25-14-18)16-30-20-8-10-21(11-9-20)32(5,28)29/h6-11,14,17,22H,12-13,15-16H2,1-5H3. The first kappa shape index (κ1) is 24.0. The van der Waals surface area contributed by atoms with Gasteiger partial charge < -0.3 is 14.4 Å². The molecule has 1 fully saturated rings. The molecule has 0 bridgehead atoms. The lowest BCUT2D eigenvalue weighted by atomic mass is 9.82. The first-order valence-corrected chi connectivity index (χ1v) is 12.7. The molecule has 1 amide bonds. The molecule has 7 nitrogen and oxygen atoms in total. The minimum Gasteiger partial charge on any atom is -0.487 e. The Kier molecular flexibility index (Phi) is 7.12. The van der Waals surface area contributed by atoms with E-state index in [9.17, 15) is 13.2 Å². The predicted molar refractivity (Wildman–Crippen MR) is 122 cm³/mol. The zero-order valence-corrected chi connectivity index (χ0v) is 20.2. The Morgan fingerprint density at radius 2 is 1.84 bits per heavy atom. The van der Waals surface area contributed by atoms with E-state index in [2.05, 4.69) is 18.0 Å². The van der Waals surface area contributed by atoms with Crippen LogP contribution in [-0.4, -0.2) is 49.3 Å². The number of likely N-dealkylation sites (tertiary alicyclic amines) is 1. The van der Waals surface area contributed by atoms with Crippen LogP contribution in [0.2, 0.25) is 0 Å². The maximum Gasteiger partial charge on any atom is 0.410 e. The highest BCUT2D eigenvalue weighted by molar-refractivity contribution is 7.90. The van der Waals surface area contributed by atoms with Gasteiger partial charge in [-0.15, -0.1) is 0 Å². The van der Waals surface area contributed by atoms with Gasteiger partial charge in [0.2, 0.25) is 0 Å². The number of aromatic nitrogens is 1. The second-order valence-electron chi connectivity index (χ2n) is 9.41. The third-order valence-corrected chi connectivity index (χ3v) is 6.60. The number of nitrogens with zero attached hydrogens (tertiary/aromatic N) is 2. The third kappa shape index (κ3) is 6.45. The quantitative estimate of drug-likeness (QED) is 0.656. The Bertz CT molecular complexity index is 1030. The van der Waals surface area contributed by atoms with Crippen molar-refractivity contribution in [1.29, 1.82) is 0 Å². The molecular weight excluding hydrogens is 428 g/mol. The van der Waals surface area contributed by atoms with Crippen molar-refractivity contribution in [2.24, 2.45) is 5.92 Å². The minimum atomic E-state index is -3.22. The van der Waals surface area contributed by atoms with Crippen molar-refractivity contribution in [2.45, 2.75) is 57.1 Å². The average molecular weight is 461 g/mol. The topological polar surface area (TPSA) is 85.8 Å². The van der Waals surface area contributed by atoms with E-state index in [1.54, 1.807) is 17.0 Å². The summed E-state index contributed by atoms with van der Waals surface area (Å²) in [4.78, 5) is 18.9. The largest absolute Gasteiger partial charge is 0.487 e. The van der Waals surface area contributed by atoms with Gasteiger partial charge in [-0.1, -0.05) is 13.0 Å². The first-order valence-electron chi connectivity index (χ1n) is 10.8. The summed E-state index contributed by atoms with van der Waals surface area (Å²) < 4.78 is 34.3. The molecule has 2 aromatic rings. The van der Waals surface area contributed by atoms with Crippen molar-refractivity contribution in [3.05, 3.63) is 53.9 Å². The maximum absolute atomic E-state index is 12.4. The lowest BCUT2D eigenvalue weighted by Crippen LogP contribution is -2.44. The molecule has 0 saturated carbocycles. The SMILES string of the molecule is CC1CN(C(=O)OC(C)(C)C)CCC1c1ccc(COc2ccc(S(C)(=O)=O)cc2)nc1. The molecule has 3 rings (SSSR count). The zero-order valence-electron chi connectivity index (χ0n) is 19.4. The predicted octanol–water partition coefficient (Wildman–Crippen LogP) is 4.42. The number of sulfone groups is 1. The number of rotatable bonds is 5. The van der Waals surface area contributed by atoms with Gasteiger partial charge in [0.25, 0.3) is 0 Å². The molecule has 1 saturated heterocycles. The van der Waals surface area contributed by atoms with Crippen LogP contribution in [-0.2, 0) is 21.2 Å². The van der Waals surface area contributed by atoms with Gasteiger partial charge in [-0.3, -0.25) is 4.98 Å². The van der Waals surface area contributed by atoms with Crippen molar-refractivity contribution < 1.29 is 22.7 Å². The van der Waals surface area contributed by atoms with E-state index in [1.165, 1.54) is 18.4 Å². The van der Waals surface area contributed by atoms with E-state index in [0.29, 0.717) is 37.3 Å². The number of ether oxygens (including phenoxy) is 2. The smallest absolute Gasteiger partial charge is 0.410 e. The molecule has 1 aromatic heterocycles. The maximum atomic E-state index is 12.4. The molecule has 1 aliphatic rings. The van der Waals surface area contributed by atoms with E-state index in [1.807, 2.05) is 33.0 Å². The molecule has 174 valence electrons. The number of hydrogen-bond acceptors (Lipinski definition) is 6. The Hall–Kier alpha value is -2.61. The lowest BCUT2D eigenvalue weighted by Gasteiger charge is -2.37. The van der Waals surface area contributed by atoms with Crippen LogP contribution in [0.5, 0.6) is 5.75 Å². The fourth-order valence-corrected chi connectivity index (χ4v) is 4.44. The average Bonchev–Trinajstić information content (AvgIpc) is 2.71. The van der Waals surface area contributed by atoms with Crippen LogP contribution in [0.4, 0.5) is 4.79 Å². The number of carbonyl (C=O) groups excluding carboxylic acids is 1. The number of piperidine rings is 1. The first-order chi connectivity index (χ1) is 14.9. The molecule has 2 heterocycles. The summed E-state index contributed by atoms with van der Waals surface area (Å²) in [7, 11) is -3.22. The van der Waals surface area contributed by atoms with Gasteiger partial charge in [-0.05, 0) is 74.9 Å². The second-order valence-corrected chi connectivity index (χ2v) is 11.4. The molecule has 0 radical (unpaired) electrons. The van der Waals surface area contributed by atoms with Crippen LogP contribution in [0.1, 0.15) is 51.3 Å². The van der Waals surface area contributed by atoms with Crippen molar-refractivity contribution >= 4 is 15.9 Å². The van der Waals surface area contributed by atoms with Gasteiger partial charge in [-0.25, -0.2) is 13.2 Å². The summed E-state index contributed by atoms with van der Waals surface area (Å²) in [6, 6.07) is 10.4. The van der Waals surface area contributed by atoms with Gasteiger partial charge in [-0.2, -0.15) is 0 Å². The summed E-state index contributed by atoms with van der Waals surface area (Å²) in [5.41, 5.74) is 1.46. The monoisotopic (exact) mass is 460 g/mol. The normalized spacial score (nSPS) is 19.5. The van der Waals surface area contributed by atoms with Crippen LogP contribution in [0.15, 0.2) is 47.5 Å². The Morgan fingerprint density at radius 1 is 1.16 bits per heavy atom. The number of carbonyl (C=O) groups is 1. The second kappa shape index (κ2) is 9.48. The Balaban J connectivity index is 1.55. The van der Waals surface area contributed by atoms with Crippen LogP contribution in [0, 0.1) is 5.92 Å². The van der Waals surface area contributed by atoms with E-state index in [0.717, 1.165) is 17.7 Å². The fourth-order valence-electron chi connectivity index (χ4n) is 3.81. The Morgan fingerprint density at radius 3 is 2.38 bits per heavy atom. The number of benzene rings is 1. The van der Waals surface area contributed by atoms with E-state index >= 15 is 0 Å². The molecule has 0 spiro atoms. The van der Waals surface area contributed by atoms with E-state index in [4.69, 9.17) is 9.47 Å². The summed E-state index contributed by atoms with van der Waals surface area (Å²) in [5, 5.41) is 0. The zero-order chi connectivity index (χ0) is 23.5. The van der Waals surface area contributed by atoms with Crippen LogP contribution in [0.3, 0.4) is 0 Å². The Labute approximate surface area is 190 Å². The molecule has 2 atom stereocenters. The molecule has 2 unspecified atom stereocenters. The molecular formula is C24H32N2O5S.